The molecule has 4 heteroatoms. The molecular formula is C2H3O3S-. The van der Waals surface area contributed by atoms with Gasteiger partial charge in [0.1, 0.15) is 0 Å². The average Bonchev–Trinajstić information content (AvgIpc) is 1.36. The lowest BCUT2D eigenvalue weighted by Crippen LogP contribution is -1.97. The molecule has 0 rings (SSSR count). The molecule has 6 heavy (non-hydrogen) atoms. The van der Waals surface area contributed by atoms with Gasteiger partial charge in [0.15, 0.2) is 0 Å². The molecule has 0 aliphatic heterocycles. The minimum atomic E-state index is -2.51. The van der Waals surface area contributed by atoms with Gasteiger partial charge in [0, 0.05) is 18.0 Å². The van der Waals surface area contributed by atoms with Gasteiger partial charge in [0.2, 0.25) is 5.12 Å². The van der Waals surface area contributed by atoms with Crippen molar-refractivity contribution in [1.29, 1.82) is 0 Å². The second kappa shape index (κ2) is 2.04. The van der Waals surface area contributed by atoms with Crippen molar-refractivity contribution < 1.29 is 13.6 Å². The summed E-state index contributed by atoms with van der Waals surface area (Å²) in [6.45, 7) is 0.989. The van der Waals surface area contributed by atoms with Crippen molar-refractivity contribution in [2.24, 2.45) is 0 Å². The molecule has 0 bridgehead atoms. The van der Waals surface area contributed by atoms with E-state index < -0.39 is 16.2 Å². The average molecular weight is 107 g/mol. The fourth-order valence-corrected chi connectivity index (χ4v) is 0. The van der Waals surface area contributed by atoms with Crippen LogP contribution in [0.3, 0.4) is 0 Å². The van der Waals surface area contributed by atoms with Crippen molar-refractivity contribution in [3.05, 3.63) is 0 Å². The highest BCUT2D eigenvalue weighted by molar-refractivity contribution is 7.95. The van der Waals surface area contributed by atoms with E-state index in [2.05, 4.69) is 0 Å². The van der Waals surface area contributed by atoms with Crippen molar-refractivity contribution in [2.75, 3.05) is 0 Å². The number of hydrogen-bond donors (Lipinski definition) is 0. The van der Waals surface area contributed by atoms with E-state index in [4.69, 9.17) is 0 Å². The Labute approximate surface area is 37.6 Å². The molecule has 0 saturated carbocycles. The molecular weight excluding hydrogens is 104 g/mol. The zero-order chi connectivity index (χ0) is 5.15. The summed E-state index contributed by atoms with van der Waals surface area (Å²) >= 11 is -2.51. The molecule has 0 aromatic rings. The SMILES string of the molecule is CC(=O)S(=O)[O-]. The molecule has 0 aliphatic rings. The smallest absolute Gasteiger partial charge is 0.202 e. The largest absolute Gasteiger partial charge is 0.766 e. The van der Waals surface area contributed by atoms with Gasteiger partial charge in [-0.05, 0) is 0 Å². The summed E-state index contributed by atoms with van der Waals surface area (Å²) in [5.74, 6) is 0. The first kappa shape index (κ1) is 5.78. The van der Waals surface area contributed by atoms with Crippen LogP contribution in [0.5, 0.6) is 0 Å². The summed E-state index contributed by atoms with van der Waals surface area (Å²) in [4.78, 5) is 9.53. The van der Waals surface area contributed by atoms with Gasteiger partial charge in [-0.2, -0.15) is 0 Å². The van der Waals surface area contributed by atoms with Gasteiger partial charge in [0.05, 0.1) is 0 Å². The Hall–Kier alpha value is -0.220. The summed E-state index contributed by atoms with van der Waals surface area (Å²) in [6.07, 6.45) is 0. The van der Waals surface area contributed by atoms with Crippen molar-refractivity contribution in [3.8, 4) is 0 Å². The lowest BCUT2D eigenvalue weighted by Gasteiger charge is -1.92. The van der Waals surface area contributed by atoms with Crippen molar-refractivity contribution in [2.45, 2.75) is 6.92 Å². The first-order valence-corrected chi connectivity index (χ1v) is 2.32. The lowest BCUT2D eigenvalue weighted by molar-refractivity contribution is -0.110. The summed E-state index contributed by atoms with van der Waals surface area (Å²) < 4.78 is 18.7. The fourth-order valence-electron chi connectivity index (χ4n) is 0. The normalized spacial score (nSPS) is 13.7. The fraction of sp³-hybridized carbons (Fsp3) is 0.500. The van der Waals surface area contributed by atoms with Gasteiger partial charge in [-0.15, -0.1) is 0 Å². The van der Waals surface area contributed by atoms with Crippen LogP contribution in [0.4, 0.5) is 0 Å². The Morgan fingerprint density at radius 3 is 2.00 bits per heavy atom. The number of hydrogen-bond acceptors (Lipinski definition) is 3. The highest BCUT2D eigenvalue weighted by Crippen LogP contribution is 1.69. The third kappa shape index (κ3) is 2.04. The second-order valence-corrected chi connectivity index (χ2v) is 1.77. The zero-order valence-corrected chi connectivity index (χ0v) is 3.95. The third-order valence-corrected chi connectivity index (χ3v) is 0.704. The minimum Gasteiger partial charge on any atom is -0.766 e. The van der Waals surface area contributed by atoms with Crippen LogP contribution in [0.25, 0.3) is 0 Å². The van der Waals surface area contributed by atoms with Crippen molar-refractivity contribution >= 4 is 16.2 Å². The minimum absolute atomic E-state index is 0.824. The van der Waals surface area contributed by atoms with Crippen LogP contribution in [0, 0.1) is 0 Å². The molecule has 1 unspecified atom stereocenters. The Bertz CT molecular complexity index is 74.8. The predicted molar refractivity (Wildman–Crippen MR) is 19.6 cm³/mol. The zero-order valence-electron chi connectivity index (χ0n) is 3.13. The van der Waals surface area contributed by atoms with E-state index >= 15 is 0 Å². The highest BCUT2D eigenvalue weighted by Gasteiger charge is 1.83. The molecule has 0 aromatic carbocycles. The number of rotatable bonds is 0. The molecule has 0 heterocycles. The van der Waals surface area contributed by atoms with Crippen LogP contribution in [0.2, 0.25) is 0 Å². The van der Waals surface area contributed by atoms with Gasteiger partial charge in [-0.25, -0.2) is 0 Å². The maximum atomic E-state index is 9.53. The van der Waals surface area contributed by atoms with Gasteiger partial charge in [-0.1, -0.05) is 0 Å². The van der Waals surface area contributed by atoms with Crippen LogP contribution in [-0.4, -0.2) is 13.9 Å². The molecule has 1 atom stereocenters. The van der Waals surface area contributed by atoms with E-state index in [9.17, 15) is 13.6 Å². The third-order valence-electron chi connectivity index (χ3n) is 0.235. The summed E-state index contributed by atoms with van der Waals surface area (Å²) in [5, 5.41) is -0.824. The first-order chi connectivity index (χ1) is 2.64. The van der Waals surface area contributed by atoms with E-state index in [-0.39, 0.29) is 0 Å². The van der Waals surface area contributed by atoms with Crippen molar-refractivity contribution in [1.82, 2.24) is 0 Å². The van der Waals surface area contributed by atoms with Crippen LogP contribution in [-0.2, 0) is 15.9 Å². The topological polar surface area (TPSA) is 57.2 Å². The Morgan fingerprint density at radius 1 is 1.83 bits per heavy atom. The molecule has 36 valence electrons. The standard InChI is InChI=1S/C2H4O3S/c1-2(3)6(4)5/h1H3,(H,4,5)/p-1. The van der Waals surface area contributed by atoms with Gasteiger partial charge in [0.25, 0.3) is 0 Å². The summed E-state index contributed by atoms with van der Waals surface area (Å²) in [6, 6.07) is 0. The molecule has 3 nitrogen and oxygen atoms in total. The Balaban J connectivity index is 3.57. The van der Waals surface area contributed by atoms with Gasteiger partial charge < -0.3 is 4.55 Å². The first-order valence-electron chi connectivity index (χ1n) is 1.24. The molecule has 0 aromatic heterocycles. The quantitative estimate of drug-likeness (QED) is 0.389. The number of carbonyl (C=O) groups excluding carboxylic acids is 1. The molecule has 0 spiro atoms. The summed E-state index contributed by atoms with van der Waals surface area (Å²) in [5.41, 5.74) is 0. The van der Waals surface area contributed by atoms with Crippen LogP contribution in [0.15, 0.2) is 0 Å². The molecule has 0 N–H and O–H groups in total. The van der Waals surface area contributed by atoms with Gasteiger partial charge >= 0.3 is 0 Å². The second-order valence-electron chi connectivity index (χ2n) is 0.726. The van der Waals surface area contributed by atoms with Crippen LogP contribution >= 0.6 is 0 Å². The van der Waals surface area contributed by atoms with E-state index in [1.54, 1.807) is 0 Å². The molecule has 0 aliphatic carbocycles. The summed E-state index contributed by atoms with van der Waals surface area (Å²) in [7, 11) is 0. The van der Waals surface area contributed by atoms with E-state index in [0.29, 0.717) is 0 Å². The Morgan fingerprint density at radius 2 is 2.00 bits per heavy atom. The van der Waals surface area contributed by atoms with E-state index in [0.717, 1.165) is 6.92 Å². The van der Waals surface area contributed by atoms with E-state index in [1.165, 1.54) is 0 Å². The maximum absolute atomic E-state index is 9.53. The lowest BCUT2D eigenvalue weighted by atomic mass is 10.9. The highest BCUT2D eigenvalue weighted by atomic mass is 32.2. The van der Waals surface area contributed by atoms with Crippen molar-refractivity contribution in [3.63, 3.8) is 0 Å². The Kier molecular flexibility index (Phi) is 1.97. The number of carbonyl (C=O) groups is 1. The maximum Gasteiger partial charge on any atom is 0.202 e. The predicted octanol–water partition coefficient (Wildman–Crippen LogP) is -0.588. The van der Waals surface area contributed by atoms with Crippen LogP contribution < -0.4 is 0 Å². The van der Waals surface area contributed by atoms with Gasteiger partial charge in [-0.3, -0.25) is 9.00 Å². The molecule has 0 fully saturated rings. The molecule has 0 amide bonds. The van der Waals surface area contributed by atoms with Crippen LogP contribution in [0.1, 0.15) is 6.92 Å². The molecule has 0 saturated heterocycles. The van der Waals surface area contributed by atoms with E-state index in [1.807, 2.05) is 0 Å². The monoisotopic (exact) mass is 107 g/mol. The molecule has 0 radical (unpaired) electrons.